The monoisotopic (exact) mass is 568 g/mol. The number of nitrogens with zero attached hydrogens (tertiary/aromatic N) is 8. The summed E-state index contributed by atoms with van der Waals surface area (Å²) in [7, 11) is 2.13. The molecule has 6 heterocycles. The van der Waals surface area contributed by atoms with Gasteiger partial charge in [0.2, 0.25) is 0 Å². The number of anilines is 4. The molecule has 3 fully saturated rings. The third-order valence-corrected chi connectivity index (χ3v) is 8.49. The van der Waals surface area contributed by atoms with Gasteiger partial charge in [0.1, 0.15) is 11.6 Å². The van der Waals surface area contributed by atoms with Gasteiger partial charge in [0.25, 0.3) is 0 Å². The molecule has 7 rings (SSSR count). The summed E-state index contributed by atoms with van der Waals surface area (Å²) < 4.78 is 7.74. The highest BCUT2D eigenvalue weighted by molar-refractivity contribution is 5.99. The highest BCUT2D eigenvalue weighted by Crippen LogP contribution is 2.37. The second kappa shape index (κ2) is 11.2. The molecule has 0 spiro atoms. The van der Waals surface area contributed by atoms with E-state index in [4.69, 9.17) is 14.7 Å². The lowest BCUT2D eigenvalue weighted by atomic mass is 10.1. The average Bonchev–Trinajstić information content (AvgIpc) is 3.54. The van der Waals surface area contributed by atoms with Crippen LogP contribution in [0.4, 0.5) is 27.8 Å². The highest BCUT2D eigenvalue weighted by atomic mass is 16.5. The third-order valence-electron chi connectivity index (χ3n) is 8.49. The predicted molar refractivity (Wildman–Crippen MR) is 163 cm³/mol. The number of benzene rings is 1. The van der Waals surface area contributed by atoms with Gasteiger partial charge < -0.3 is 30.1 Å². The maximum atomic E-state index is 12.7. The number of piperazine rings is 1. The van der Waals surface area contributed by atoms with E-state index in [-0.39, 0.29) is 6.03 Å². The maximum Gasteiger partial charge on any atom is 0.323 e. The second-order valence-electron chi connectivity index (χ2n) is 11.3. The lowest BCUT2D eigenvalue weighted by Crippen LogP contribution is -2.46. The summed E-state index contributed by atoms with van der Waals surface area (Å²) in [6.45, 7) is 8.16. The fraction of sp³-hybridized carbons (Fsp3) is 0.433. The number of aromatic nitrogens is 5. The Balaban J connectivity index is 1.06. The zero-order valence-corrected chi connectivity index (χ0v) is 24.0. The molecule has 2 N–H and O–H groups in total. The molecular formula is C30H36N10O2. The van der Waals surface area contributed by atoms with E-state index in [9.17, 15) is 4.79 Å². The topological polar surface area (TPSA) is 117 Å². The minimum Gasteiger partial charge on any atom is -0.377 e. The van der Waals surface area contributed by atoms with Gasteiger partial charge in [-0.2, -0.15) is 5.10 Å². The molecule has 2 bridgehead atoms. The van der Waals surface area contributed by atoms with Crippen molar-refractivity contribution in [2.45, 2.75) is 38.4 Å². The van der Waals surface area contributed by atoms with E-state index in [1.165, 1.54) is 0 Å². The summed E-state index contributed by atoms with van der Waals surface area (Å²) in [5.74, 6) is 2.50. The Kier molecular flexibility index (Phi) is 7.08. The number of ether oxygens (including phenoxy) is 1. The molecule has 3 saturated heterocycles. The van der Waals surface area contributed by atoms with Crippen LogP contribution in [0.3, 0.4) is 0 Å². The quantitative estimate of drug-likeness (QED) is 0.359. The molecule has 0 radical (unpaired) electrons. The van der Waals surface area contributed by atoms with Gasteiger partial charge in [0, 0.05) is 44.0 Å². The molecule has 42 heavy (non-hydrogen) atoms. The Labute approximate surface area is 244 Å². The van der Waals surface area contributed by atoms with Gasteiger partial charge in [0.05, 0.1) is 48.8 Å². The largest absolute Gasteiger partial charge is 0.377 e. The molecule has 2 amide bonds. The third kappa shape index (κ3) is 5.12. The molecule has 3 aliphatic rings. The van der Waals surface area contributed by atoms with E-state index < -0.39 is 0 Å². The molecule has 4 aromatic rings. The van der Waals surface area contributed by atoms with Gasteiger partial charge in [-0.15, -0.1) is 0 Å². The normalized spacial score (nSPS) is 20.7. The summed E-state index contributed by atoms with van der Waals surface area (Å²) in [6.07, 6.45) is 5.79. The number of morpholine rings is 1. The van der Waals surface area contributed by atoms with Gasteiger partial charge in [0.15, 0.2) is 11.5 Å². The van der Waals surface area contributed by atoms with Crippen molar-refractivity contribution in [2.75, 3.05) is 66.9 Å². The number of nitrogens with one attached hydrogen (secondary N) is 2. The van der Waals surface area contributed by atoms with Crippen LogP contribution in [-0.2, 0) is 11.3 Å². The number of rotatable bonds is 6. The maximum absolute atomic E-state index is 12.7. The molecule has 2 unspecified atom stereocenters. The Bertz CT molecular complexity index is 1550. The molecule has 1 aromatic carbocycles. The van der Waals surface area contributed by atoms with Crippen molar-refractivity contribution >= 4 is 40.1 Å². The smallest absolute Gasteiger partial charge is 0.323 e. The Morgan fingerprint density at radius 1 is 0.929 bits per heavy atom. The molecule has 12 heteroatoms. The van der Waals surface area contributed by atoms with Gasteiger partial charge >= 0.3 is 6.03 Å². The molecule has 3 aliphatic heterocycles. The lowest BCUT2D eigenvalue weighted by Gasteiger charge is -2.36. The van der Waals surface area contributed by atoms with Crippen molar-refractivity contribution in [3.63, 3.8) is 0 Å². The summed E-state index contributed by atoms with van der Waals surface area (Å²) in [4.78, 5) is 34.2. The van der Waals surface area contributed by atoms with Crippen LogP contribution < -0.4 is 20.4 Å². The summed E-state index contributed by atoms with van der Waals surface area (Å²) in [5, 5.41) is 11.3. The standard InChI is InChI=1S/C30H36N10O2/c1-3-39-28-25(17-32-39)29(40-23-9-10-24(40)19-42-18-23)36-27(35-28)20-4-6-21(7-5-20)33-30(41)34-22-8-11-26(31-16-22)38-14-12-37(2)13-15-38/h4-8,11,16-17,23-24H,3,9-10,12-15,18-19H2,1-2H3,(H2,33,34,41). The molecule has 0 aliphatic carbocycles. The van der Waals surface area contributed by atoms with Crippen molar-refractivity contribution in [3.8, 4) is 11.4 Å². The SMILES string of the molecule is CCn1ncc2c(N3C4CCC3COC4)nc(-c3ccc(NC(=O)Nc4ccc(N5CCN(C)CC5)nc4)cc3)nc21. The van der Waals surface area contributed by atoms with Crippen LogP contribution in [0.2, 0.25) is 0 Å². The van der Waals surface area contributed by atoms with E-state index in [0.29, 0.717) is 29.3 Å². The minimum absolute atomic E-state index is 0.322. The number of likely N-dealkylation sites (N-methyl/N-ethyl adjacent to an activating group) is 1. The first-order chi connectivity index (χ1) is 20.6. The number of urea groups is 1. The fourth-order valence-electron chi connectivity index (χ4n) is 6.15. The van der Waals surface area contributed by atoms with Gasteiger partial charge in [-0.05, 0) is 63.2 Å². The molecule has 0 saturated carbocycles. The van der Waals surface area contributed by atoms with Gasteiger partial charge in [-0.1, -0.05) is 0 Å². The van der Waals surface area contributed by atoms with Crippen LogP contribution in [0.15, 0.2) is 48.8 Å². The van der Waals surface area contributed by atoms with Crippen molar-refractivity contribution < 1.29 is 9.53 Å². The highest BCUT2D eigenvalue weighted by Gasteiger charge is 2.39. The number of carbonyl (C=O) groups is 1. The number of amides is 2. The molecule has 12 nitrogen and oxygen atoms in total. The Morgan fingerprint density at radius 3 is 2.33 bits per heavy atom. The van der Waals surface area contributed by atoms with E-state index in [0.717, 1.165) is 87.0 Å². The molecule has 3 aromatic heterocycles. The van der Waals surface area contributed by atoms with Crippen LogP contribution in [0.1, 0.15) is 19.8 Å². The van der Waals surface area contributed by atoms with Crippen LogP contribution in [-0.4, -0.2) is 94.2 Å². The number of hydrogen-bond donors (Lipinski definition) is 2. The number of carbonyl (C=O) groups excluding carboxylic acids is 1. The predicted octanol–water partition coefficient (Wildman–Crippen LogP) is 3.67. The van der Waals surface area contributed by atoms with Crippen LogP contribution in [0, 0.1) is 0 Å². The first-order valence-electron chi connectivity index (χ1n) is 14.7. The van der Waals surface area contributed by atoms with Crippen molar-refractivity contribution in [1.29, 1.82) is 0 Å². The Hall–Kier alpha value is -4.29. The Morgan fingerprint density at radius 2 is 1.64 bits per heavy atom. The number of aryl methyl sites for hydroxylation is 1. The van der Waals surface area contributed by atoms with Crippen LogP contribution in [0.25, 0.3) is 22.4 Å². The fourth-order valence-corrected chi connectivity index (χ4v) is 6.15. The molecular weight excluding hydrogens is 532 g/mol. The summed E-state index contributed by atoms with van der Waals surface area (Å²) >= 11 is 0. The summed E-state index contributed by atoms with van der Waals surface area (Å²) in [5.41, 5.74) is 3.01. The van der Waals surface area contributed by atoms with Crippen molar-refractivity contribution in [1.82, 2.24) is 29.6 Å². The van der Waals surface area contributed by atoms with Crippen molar-refractivity contribution in [3.05, 3.63) is 48.8 Å². The average molecular weight is 569 g/mol. The molecule has 2 atom stereocenters. The van der Waals surface area contributed by atoms with Crippen molar-refractivity contribution in [2.24, 2.45) is 0 Å². The van der Waals surface area contributed by atoms with Crippen LogP contribution in [0.5, 0.6) is 0 Å². The van der Waals surface area contributed by atoms with E-state index in [2.05, 4.69) is 49.4 Å². The zero-order valence-electron chi connectivity index (χ0n) is 24.0. The first-order valence-corrected chi connectivity index (χ1v) is 14.7. The number of fused-ring (bicyclic) bond motifs is 3. The first kappa shape index (κ1) is 26.6. The van der Waals surface area contributed by atoms with E-state index >= 15 is 0 Å². The second-order valence-corrected chi connectivity index (χ2v) is 11.3. The number of pyridine rings is 1. The lowest BCUT2D eigenvalue weighted by molar-refractivity contribution is 0.0904. The number of hydrogen-bond acceptors (Lipinski definition) is 9. The zero-order chi connectivity index (χ0) is 28.6. The summed E-state index contributed by atoms with van der Waals surface area (Å²) in [6, 6.07) is 11.8. The minimum atomic E-state index is -0.327. The molecule has 218 valence electrons. The van der Waals surface area contributed by atoms with E-state index in [1.54, 1.807) is 6.20 Å². The van der Waals surface area contributed by atoms with Crippen LogP contribution >= 0.6 is 0 Å². The van der Waals surface area contributed by atoms with Gasteiger partial charge in [-0.25, -0.2) is 24.4 Å². The van der Waals surface area contributed by atoms with E-state index in [1.807, 2.05) is 47.3 Å². The van der Waals surface area contributed by atoms with Gasteiger partial charge in [-0.3, -0.25) is 0 Å².